The maximum atomic E-state index is 13.6. The number of fused-ring (bicyclic) bond motifs is 1. The number of nitrogens with zero attached hydrogens (tertiary/aromatic N) is 6. The number of nitrogens with two attached hydrogens (primary N) is 1. The molecule has 0 bridgehead atoms. The highest BCUT2D eigenvalue weighted by molar-refractivity contribution is 7.94. The van der Waals surface area contributed by atoms with E-state index in [0.717, 1.165) is 24.3 Å². The minimum atomic E-state index is -4.90. The predicted octanol–water partition coefficient (Wildman–Crippen LogP) is 7.22. The lowest BCUT2D eigenvalue weighted by molar-refractivity contribution is -0.434. The Balaban J connectivity index is 1.49. The second-order valence-electron chi connectivity index (χ2n) is 10.3. The molecule has 1 heterocycles. The number of sulfone groups is 1. The average molecular weight is 845 g/mol. The van der Waals surface area contributed by atoms with E-state index in [1.807, 2.05) is 0 Å². The SMILES string of the molecule is Nc1ccc2c(O)c(/N=N/c3ccc(S(=O)(=O)CCOSOOO)cc3)c(SOOO)cc2c1/N=N/c1cc(Nc2cc(F)nc(F)n2)ccc1S(=O)(=O)O. The number of nitrogen functional groups attached to an aromatic ring is 1. The monoisotopic (exact) mass is 844 g/mol. The molecule has 5 aromatic rings. The minimum Gasteiger partial charge on any atom is -0.505 e. The van der Waals surface area contributed by atoms with E-state index in [2.05, 4.69) is 54.5 Å². The quantitative estimate of drug-likeness (QED) is 0.00619. The van der Waals surface area contributed by atoms with Gasteiger partial charge in [0.15, 0.2) is 27.9 Å². The van der Waals surface area contributed by atoms with Crippen LogP contribution in [0.4, 0.5) is 48.7 Å². The van der Waals surface area contributed by atoms with Gasteiger partial charge in [0.1, 0.15) is 27.8 Å². The number of halogens is 2. The average Bonchev–Trinajstić information content (AvgIpc) is 3.12. The second kappa shape index (κ2) is 18.1. The fraction of sp³-hybridized carbons (Fsp3) is 0.0714. The summed E-state index contributed by atoms with van der Waals surface area (Å²) in [7, 11) is -8.70. The van der Waals surface area contributed by atoms with Crippen LogP contribution in [0.1, 0.15) is 0 Å². The maximum Gasteiger partial charge on any atom is 0.313 e. The van der Waals surface area contributed by atoms with Crippen LogP contribution in [0.5, 0.6) is 5.75 Å². The lowest BCUT2D eigenvalue weighted by Gasteiger charge is -2.12. The number of hydrogen-bond acceptors (Lipinski definition) is 22. The normalized spacial score (nSPS) is 12.3. The van der Waals surface area contributed by atoms with E-state index in [-0.39, 0.29) is 73.7 Å². The molecule has 0 saturated carbocycles. The Labute approximate surface area is 315 Å². The van der Waals surface area contributed by atoms with E-state index in [4.69, 9.17) is 20.4 Å². The number of azo groups is 2. The molecule has 0 spiro atoms. The topological polar surface area (TPSA) is 309 Å². The standard InChI is InChI=1S/C28H22F2N8O13S4/c29-23-13-24(34-28(30)33-23)32-15-3-8-22(55(44,45)46)20(11-15)36-37-25-18-12-21(52-50-48-40)26(27(39)17(18)6-7-19(25)31)38-35-14-1-4-16(5-2-14)54(42,43)10-9-47-53-51-49-41/h1-8,11-13,39-41H,9-10,31H2,(H,32,33,34)(H,44,45,46)/b37-36+,38-35+. The lowest BCUT2D eigenvalue weighted by Crippen LogP contribution is -2.10. The van der Waals surface area contributed by atoms with Crippen LogP contribution < -0.4 is 11.1 Å². The molecule has 0 unspecified atom stereocenters. The molecule has 5 rings (SSSR count). The summed E-state index contributed by atoms with van der Waals surface area (Å²) in [6.45, 7) is -0.304. The van der Waals surface area contributed by atoms with Crippen molar-refractivity contribution in [3.8, 4) is 5.75 Å². The Morgan fingerprint density at radius 2 is 1.56 bits per heavy atom. The zero-order valence-electron chi connectivity index (χ0n) is 26.9. The zero-order chi connectivity index (χ0) is 39.8. The summed E-state index contributed by atoms with van der Waals surface area (Å²) in [4.78, 5) is 5.43. The summed E-state index contributed by atoms with van der Waals surface area (Å²) in [5.74, 6) is -2.50. The molecule has 0 atom stereocenters. The van der Waals surface area contributed by atoms with E-state index in [0.29, 0.717) is 12.0 Å². The third kappa shape index (κ3) is 10.6. The van der Waals surface area contributed by atoms with Crippen molar-refractivity contribution in [1.29, 1.82) is 0 Å². The molecule has 21 nitrogen and oxygen atoms in total. The Morgan fingerprint density at radius 3 is 2.25 bits per heavy atom. The molecule has 0 radical (unpaired) electrons. The number of phenols is 1. The summed E-state index contributed by atoms with van der Waals surface area (Å²) in [5, 5.41) is 54.0. The molecule has 0 fully saturated rings. The molecule has 1 aromatic heterocycles. The third-order valence-electron chi connectivity index (χ3n) is 6.83. The number of aromatic hydroxyl groups is 1. The first-order chi connectivity index (χ1) is 26.2. The Hall–Kier alpha value is -5.04. The number of anilines is 3. The van der Waals surface area contributed by atoms with Crippen molar-refractivity contribution in [2.24, 2.45) is 20.5 Å². The van der Waals surface area contributed by atoms with Gasteiger partial charge >= 0.3 is 6.08 Å². The molecule has 0 saturated heterocycles. The van der Waals surface area contributed by atoms with Gasteiger partial charge < -0.3 is 16.2 Å². The van der Waals surface area contributed by atoms with Gasteiger partial charge in [-0.15, -0.1) is 24.0 Å². The molecule has 0 aliphatic rings. The number of rotatable bonds is 17. The largest absolute Gasteiger partial charge is 0.505 e. The Kier molecular flexibility index (Phi) is 13.5. The van der Waals surface area contributed by atoms with Gasteiger partial charge in [0, 0.05) is 22.5 Å². The highest BCUT2D eigenvalue weighted by atomic mass is 32.2. The highest BCUT2D eigenvalue weighted by Gasteiger charge is 2.21. The highest BCUT2D eigenvalue weighted by Crippen LogP contribution is 2.48. The summed E-state index contributed by atoms with van der Waals surface area (Å²) in [5.41, 5.74) is 5.46. The van der Waals surface area contributed by atoms with Crippen LogP contribution in [0.15, 0.2) is 102 Å². The van der Waals surface area contributed by atoms with Crippen molar-refractivity contribution >= 4 is 95.0 Å². The van der Waals surface area contributed by atoms with Gasteiger partial charge in [0.05, 0.1) is 45.6 Å². The number of benzene rings is 4. The lowest BCUT2D eigenvalue weighted by atomic mass is 10.1. The molecule has 0 amide bonds. The molecule has 7 N–H and O–H groups in total. The smallest absolute Gasteiger partial charge is 0.313 e. The van der Waals surface area contributed by atoms with E-state index >= 15 is 0 Å². The molecule has 55 heavy (non-hydrogen) atoms. The van der Waals surface area contributed by atoms with Gasteiger partial charge in [0.2, 0.25) is 5.95 Å². The maximum absolute atomic E-state index is 13.6. The first-order valence-corrected chi connectivity index (χ1v) is 18.9. The Bertz CT molecular complexity index is 2460. The van der Waals surface area contributed by atoms with Crippen LogP contribution in [-0.4, -0.2) is 59.3 Å². The molecule has 27 heteroatoms. The van der Waals surface area contributed by atoms with Crippen LogP contribution in [0.3, 0.4) is 0 Å². The number of hydrogen-bond donors (Lipinski definition) is 6. The fourth-order valence-electron chi connectivity index (χ4n) is 4.50. The van der Waals surface area contributed by atoms with Gasteiger partial charge in [-0.3, -0.25) is 8.74 Å². The number of aromatic nitrogens is 2. The summed E-state index contributed by atoms with van der Waals surface area (Å²) < 4.78 is 99.8. The van der Waals surface area contributed by atoms with Crippen LogP contribution >= 0.6 is 24.4 Å². The van der Waals surface area contributed by atoms with Crippen molar-refractivity contribution in [2.75, 3.05) is 23.4 Å². The van der Waals surface area contributed by atoms with E-state index in [1.165, 1.54) is 42.5 Å². The summed E-state index contributed by atoms with van der Waals surface area (Å²) >= 11 is 0.587. The molecular formula is C28H22F2N8O13S4. The summed E-state index contributed by atoms with van der Waals surface area (Å²) in [6, 6.07) is 13.1. The van der Waals surface area contributed by atoms with Crippen molar-refractivity contribution in [3.63, 3.8) is 0 Å². The second-order valence-corrected chi connectivity index (χ2v) is 15.0. The number of phenolic OH excluding ortho intramolecular Hbond substituents is 1. The minimum absolute atomic E-state index is 0.0130. The predicted molar refractivity (Wildman–Crippen MR) is 187 cm³/mol. The van der Waals surface area contributed by atoms with Gasteiger partial charge in [-0.05, 0) is 60.7 Å². The van der Waals surface area contributed by atoms with Gasteiger partial charge in [0.25, 0.3) is 10.1 Å². The first-order valence-electron chi connectivity index (χ1n) is 14.4. The van der Waals surface area contributed by atoms with Crippen molar-refractivity contribution in [2.45, 2.75) is 14.7 Å². The van der Waals surface area contributed by atoms with E-state index in [1.54, 1.807) is 0 Å². The molecular weight excluding hydrogens is 823 g/mol. The number of nitrogens with one attached hydrogen (secondary N) is 1. The van der Waals surface area contributed by atoms with Gasteiger partial charge in [-0.2, -0.15) is 32.3 Å². The molecule has 290 valence electrons. The third-order valence-corrected chi connectivity index (χ3v) is 10.4. The molecule has 0 aliphatic heterocycles. The van der Waals surface area contributed by atoms with Crippen LogP contribution in [0.2, 0.25) is 0 Å². The fourth-order valence-corrected chi connectivity index (χ4v) is 7.00. The zero-order valence-corrected chi connectivity index (χ0v) is 30.1. The summed E-state index contributed by atoms with van der Waals surface area (Å²) in [6.07, 6.45) is -1.38. The Morgan fingerprint density at radius 1 is 0.836 bits per heavy atom. The van der Waals surface area contributed by atoms with E-state index in [9.17, 15) is 35.3 Å². The van der Waals surface area contributed by atoms with Crippen molar-refractivity contribution in [3.05, 3.63) is 78.8 Å². The van der Waals surface area contributed by atoms with Crippen LogP contribution in [0.25, 0.3) is 10.8 Å². The van der Waals surface area contributed by atoms with Crippen LogP contribution in [0, 0.1) is 12.0 Å². The van der Waals surface area contributed by atoms with Crippen molar-refractivity contribution in [1.82, 2.24) is 9.97 Å². The molecule has 4 aromatic carbocycles. The van der Waals surface area contributed by atoms with Gasteiger partial charge in [-0.25, -0.2) is 18.9 Å². The van der Waals surface area contributed by atoms with Crippen LogP contribution in [-0.2, 0) is 42.9 Å². The van der Waals surface area contributed by atoms with E-state index < -0.39 is 54.1 Å². The van der Waals surface area contributed by atoms with Gasteiger partial charge in [-0.1, -0.05) is 10.1 Å². The molecule has 0 aliphatic carbocycles. The van der Waals surface area contributed by atoms with Crippen molar-refractivity contribution < 1.29 is 68.7 Å². The first kappa shape index (κ1) is 41.1.